The zero-order valence-electron chi connectivity index (χ0n) is 13.4. The Morgan fingerprint density at radius 3 is 2.52 bits per heavy atom. The molecule has 1 aromatic heterocycles. The van der Waals surface area contributed by atoms with E-state index in [1.807, 2.05) is 12.1 Å². The summed E-state index contributed by atoms with van der Waals surface area (Å²) in [5.74, 6) is -1.29. The molecule has 0 aliphatic carbocycles. The Morgan fingerprint density at radius 2 is 1.76 bits per heavy atom. The van der Waals surface area contributed by atoms with Crippen LogP contribution < -0.4 is 4.74 Å². The van der Waals surface area contributed by atoms with Crippen LogP contribution in [0.1, 0.15) is 26.3 Å². The fraction of sp³-hybridized carbons (Fsp3) is 0.105. The Labute approximate surface area is 143 Å². The quantitative estimate of drug-likeness (QED) is 0.719. The molecule has 0 bridgehead atoms. The molecule has 0 atom stereocenters. The zero-order valence-corrected chi connectivity index (χ0v) is 13.4. The van der Waals surface area contributed by atoms with Crippen LogP contribution in [-0.4, -0.2) is 29.1 Å². The summed E-state index contributed by atoms with van der Waals surface area (Å²) in [6.07, 6.45) is 1.40. The monoisotopic (exact) mass is 337 g/mol. The van der Waals surface area contributed by atoms with E-state index in [-0.39, 0.29) is 17.7 Å². The van der Waals surface area contributed by atoms with Crippen molar-refractivity contribution >= 4 is 22.8 Å². The summed E-state index contributed by atoms with van der Waals surface area (Å²) in [7, 11) is 1.28. The molecule has 2 aromatic carbocycles. The number of carboxylic acids is 1. The Morgan fingerprint density at radius 1 is 1.04 bits per heavy atom. The van der Waals surface area contributed by atoms with Gasteiger partial charge in [0.15, 0.2) is 0 Å². The number of hydrogen-bond donors (Lipinski definition) is 1. The lowest BCUT2D eigenvalue weighted by Crippen LogP contribution is -2.09. The number of pyridine rings is 1. The molecule has 0 aliphatic rings. The number of nitrogens with zero attached hydrogens (tertiary/aromatic N) is 1. The summed E-state index contributed by atoms with van der Waals surface area (Å²) in [6.45, 7) is 0.000471. The van der Waals surface area contributed by atoms with E-state index in [1.54, 1.807) is 30.3 Å². The van der Waals surface area contributed by atoms with Crippen molar-refractivity contribution < 1.29 is 24.2 Å². The maximum Gasteiger partial charge on any atom is 0.343 e. The number of aromatic nitrogens is 1. The van der Waals surface area contributed by atoms with Gasteiger partial charge >= 0.3 is 11.9 Å². The van der Waals surface area contributed by atoms with Crippen molar-refractivity contribution in [3.63, 3.8) is 0 Å². The van der Waals surface area contributed by atoms with Gasteiger partial charge in [-0.25, -0.2) is 9.59 Å². The van der Waals surface area contributed by atoms with Gasteiger partial charge in [-0.1, -0.05) is 30.3 Å². The first kappa shape index (κ1) is 16.4. The summed E-state index contributed by atoms with van der Waals surface area (Å²) >= 11 is 0. The number of esters is 1. The molecule has 1 N–H and O–H groups in total. The van der Waals surface area contributed by atoms with Crippen molar-refractivity contribution in [2.24, 2.45) is 0 Å². The lowest BCUT2D eigenvalue weighted by Gasteiger charge is -2.14. The van der Waals surface area contributed by atoms with Gasteiger partial charge < -0.3 is 14.6 Å². The first-order valence-electron chi connectivity index (χ1n) is 7.52. The summed E-state index contributed by atoms with van der Waals surface area (Å²) in [4.78, 5) is 27.6. The van der Waals surface area contributed by atoms with Crippen LogP contribution in [0.15, 0.2) is 54.7 Å². The van der Waals surface area contributed by atoms with Crippen molar-refractivity contribution in [1.82, 2.24) is 4.98 Å². The third-order valence-corrected chi connectivity index (χ3v) is 3.75. The van der Waals surface area contributed by atoms with Crippen molar-refractivity contribution in [1.29, 1.82) is 0 Å². The van der Waals surface area contributed by atoms with Crippen molar-refractivity contribution in [3.8, 4) is 5.75 Å². The Kier molecular flexibility index (Phi) is 4.61. The normalized spacial score (nSPS) is 10.4. The number of aromatic carboxylic acids is 1. The molecule has 0 spiro atoms. The second-order valence-electron chi connectivity index (χ2n) is 5.26. The molecule has 0 unspecified atom stereocenters. The molecule has 3 aromatic rings. The highest BCUT2D eigenvalue weighted by molar-refractivity contribution is 5.99. The van der Waals surface area contributed by atoms with Gasteiger partial charge in [-0.15, -0.1) is 0 Å². The third kappa shape index (κ3) is 3.28. The van der Waals surface area contributed by atoms with Crippen LogP contribution in [0.5, 0.6) is 5.75 Å². The number of carboxylic acid groups (broad SMARTS) is 1. The molecule has 0 saturated carbocycles. The van der Waals surface area contributed by atoms with Gasteiger partial charge in [-0.2, -0.15) is 0 Å². The largest absolute Gasteiger partial charge is 0.487 e. The number of methoxy groups -OCH3 is 1. The van der Waals surface area contributed by atoms with E-state index >= 15 is 0 Å². The molecule has 0 amide bonds. The Bertz CT molecular complexity index is 951. The number of benzene rings is 2. The van der Waals surface area contributed by atoms with E-state index in [9.17, 15) is 14.7 Å². The highest BCUT2D eigenvalue weighted by Crippen LogP contribution is 2.30. The summed E-state index contributed by atoms with van der Waals surface area (Å²) in [5.41, 5.74) is 1.51. The fourth-order valence-corrected chi connectivity index (χ4v) is 2.53. The highest BCUT2D eigenvalue weighted by Gasteiger charge is 2.18. The van der Waals surface area contributed by atoms with Gasteiger partial charge in [-0.05, 0) is 18.2 Å². The van der Waals surface area contributed by atoms with E-state index in [0.717, 1.165) is 0 Å². The number of hydrogen-bond acceptors (Lipinski definition) is 5. The lowest BCUT2D eigenvalue weighted by molar-refractivity contribution is 0.0593. The first-order valence-corrected chi connectivity index (χ1v) is 7.52. The smallest absolute Gasteiger partial charge is 0.343 e. The van der Waals surface area contributed by atoms with Crippen LogP contribution in [0.2, 0.25) is 0 Å². The predicted molar refractivity (Wildman–Crippen MR) is 90.8 cm³/mol. The van der Waals surface area contributed by atoms with E-state index in [2.05, 4.69) is 4.98 Å². The number of fused-ring (bicyclic) bond motifs is 1. The lowest BCUT2D eigenvalue weighted by atomic mass is 10.1. The van der Waals surface area contributed by atoms with Crippen LogP contribution in [0.25, 0.3) is 10.9 Å². The topological polar surface area (TPSA) is 85.7 Å². The number of para-hydroxylation sites is 1. The highest BCUT2D eigenvalue weighted by atomic mass is 16.5. The number of ether oxygens (including phenoxy) is 2. The van der Waals surface area contributed by atoms with Crippen LogP contribution in [0.4, 0.5) is 0 Å². The van der Waals surface area contributed by atoms with E-state index in [1.165, 1.54) is 19.4 Å². The molecule has 0 fully saturated rings. The molecule has 0 saturated heterocycles. The van der Waals surface area contributed by atoms with Crippen molar-refractivity contribution in [2.45, 2.75) is 6.61 Å². The number of carbonyl (C=O) groups excluding carboxylic acids is 1. The summed E-state index contributed by atoms with van der Waals surface area (Å²) in [6, 6.07) is 13.8. The van der Waals surface area contributed by atoms with E-state index < -0.39 is 11.9 Å². The minimum absolute atomic E-state index is 0.000471. The molecule has 0 aliphatic heterocycles. The molecular formula is C19H15NO5. The van der Waals surface area contributed by atoms with Crippen molar-refractivity contribution in [3.05, 3.63) is 71.4 Å². The molecule has 6 nitrogen and oxygen atoms in total. The van der Waals surface area contributed by atoms with Gasteiger partial charge in [0.05, 0.1) is 18.2 Å². The predicted octanol–water partition coefficient (Wildman–Crippen LogP) is 3.30. The van der Waals surface area contributed by atoms with Gasteiger partial charge in [0, 0.05) is 17.1 Å². The fourth-order valence-electron chi connectivity index (χ4n) is 2.53. The maximum absolute atomic E-state index is 12.0. The number of carbonyl (C=O) groups is 2. The zero-order chi connectivity index (χ0) is 17.8. The maximum atomic E-state index is 12.0. The minimum Gasteiger partial charge on any atom is -0.487 e. The average Bonchev–Trinajstić information content (AvgIpc) is 2.65. The average molecular weight is 337 g/mol. The SMILES string of the molecule is COC(=O)c1cnc2ccccc2c1OCc1ccccc1C(=O)O. The van der Waals surface area contributed by atoms with Gasteiger partial charge in [0.1, 0.15) is 17.9 Å². The molecule has 6 heteroatoms. The number of rotatable bonds is 5. The summed E-state index contributed by atoms with van der Waals surface area (Å²) < 4.78 is 10.6. The first-order chi connectivity index (χ1) is 12.1. The molecule has 126 valence electrons. The molecule has 0 radical (unpaired) electrons. The van der Waals surface area contributed by atoms with Crippen molar-refractivity contribution in [2.75, 3.05) is 7.11 Å². The second kappa shape index (κ2) is 7.00. The van der Waals surface area contributed by atoms with Gasteiger partial charge in [-0.3, -0.25) is 4.98 Å². The van der Waals surface area contributed by atoms with Crippen LogP contribution >= 0.6 is 0 Å². The van der Waals surface area contributed by atoms with E-state index in [4.69, 9.17) is 9.47 Å². The molecule has 3 rings (SSSR count). The van der Waals surface area contributed by atoms with Crippen LogP contribution in [0.3, 0.4) is 0 Å². The summed E-state index contributed by atoms with van der Waals surface area (Å²) in [5, 5.41) is 9.93. The van der Waals surface area contributed by atoms with Crippen LogP contribution in [-0.2, 0) is 11.3 Å². The minimum atomic E-state index is -1.04. The Balaban J connectivity index is 2.03. The third-order valence-electron chi connectivity index (χ3n) is 3.75. The Hall–Kier alpha value is -3.41. The van der Waals surface area contributed by atoms with Crippen LogP contribution in [0, 0.1) is 0 Å². The van der Waals surface area contributed by atoms with Gasteiger partial charge in [0.25, 0.3) is 0 Å². The molecule has 1 heterocycles. The second-order valence-corrected chi connectivity index (χ2v) is 5.26. The standard InChI is InChI=1S/C19H15NO5/c1-24-19(23)15-10-20-16-9-5-4-8-14(16)17(15)25-11-12-6-2-3-7-13(12)18(21)22/h2-10H,11H2,1H3,(H,21,22). The van der Waals surface area contributed by atoms with Gasteiger partial charge in [0.2, 0.25) is 0 Å². The molecular weight excluding hydrogens is 322 g/mol. The molecule has 25 heavy (non-hydrogen) atoms. The van der Waals surface area contributed by atoms with E-state index in [0.29, 0.717) is 22.2 Å².